The van der Waals surface area contributed by atoms with Gasteiger partial charge in [0.05, 0.1) is 11.0 Å². The zero-order valence-corrected chi connectivity index (χ0v) is 13.7. The predicted octanol–water partition coefficient (Wildman–Crippen LogP) is 3.85. The number of hydrogen-bond acceptors (Lipinski definition) is 2. The molecule has 1 aromatic heterocycles. The third-order valence-corrected chi connectivity index (χ3v) is 5.90. The number of rotatable bonds is 4. The average molecular weight is 293 g/mol. The molecule has 1 heterocycles. The number of nitrogens with zero attached hydrogens (tertiary/aromatic N) is 1. The summed E-state index contributed by atoms with van der Waals surface area (Å²) in [6, 6.07) is 8.43. The van der Waals surface area contributed by atoms with Gasteiger partial charge in [-0.2, -0.15) is 0 Å². The summed E-state index contributed by atoms with van der Waals surface area (Å²) in [6.45, 7) is 9.72. The number of fused-ring (bicyclic) bond motifs is 1. The van der Waals surface area contributed by atoms with Crippen molar-refractivity contribution in [2.45, 2.75) is 51.7 Å². The SMILES string of the molecule is Cc1cccc2c1cc(CS(=O)(=O)C(C)C)n2C(C)C. The number of benzene rings is 1. The van der Waals surface area contributed by atoms with E-state index in [0.29, 0.717) is 0 Å². The first-order valence-corrected chi connectivity index (χ1v) is 8.76. The van der Waals surface area contributed by atoms with Crippen molar-refractivity contribution in [3.63, 3.8) is 0 Å². The van der Waals surface area contributed by atoms with Crippen LogP contribution in [0, 0.1) is 6.92 Å². The van der Waals surface area contributed by atoms with Gasteiger partial charge in [0, 0.05) is 22.6 Å². The summed E-state index contributed by atoms with van der Waals surface area (Å²) in [5.74, 6) is 0.108. The first-order valence-electron chi connectivity index (χ1n) is 7.05. The van der Waals surface area contributed by atoms with Crippen LogP contribution in [-0.2, 0) is 15.6 Å². The van der Waals surface area contributed by atoms with E-state index in [1.165, 1.54) is 5.56 Å². The molecule has 0 aliphatic heterocycles. The Kier molecular flexibility index (Phi) is 3.96. The van der Waals surface area contributed by atoms with Gasteiger partial charge in [-0.15, -0.1) is 0 Å². The van der Waals surface area contributed by atoms with Gasteiger partial charge in [-0.1, -0.05) is 12.1 Å². The first kappa shape index (κ1) is 15.1. The molecule has 2 aromatic rings. The molecular formula is C16H23NO2S. The largest absolute Gasteiger partial charge is 0.341 e. The standard InChI is InChI=1S/C16H23NO2S/c1-11(2)17-14(10-20(18,19)12(3)4)9-15-13(5)7-6-8-16(15)17/h6-9,11-12H,10H2,1-5H3. The summed E-state index contributed by atoms with van der Waals surface area (Å²) in [7, 11) is -3.09. The van der Waals surface area contributed by atoms with Crippen LogP contribution in [0.3, 0.4) is 0 Å². The zero-order valence-electron chi connectivity index (χ0n) is 12.8. The van der Waals surface area contributed by atoms with Crippen molar-refractivity contribution < 1.29 is 8.42 Å². The highest BCUT2D eigenvalue weighted by atomic mass is 32.2. The molecule has 0 unspecified atom stereocenters. The minimum Gasteiger partial charge on any atom is -0.341 e. The van der Waals surface area contributed by atoms with Crippen molar-refractivity contribution in [1.29, 1.82) is 0 Å². The number of hydrogen-bond donors (Lipinski definition) is 0. The molecule has 110 valence electrons. The van der Waals surface area contributed by atoms with Crippen LogP contribution in [0.4, 0.5) is 0 Å². The van der Waals surface area contributed by atoms with Crippen LogP contribution in [0.1, 0.15) is 45.0 Å². The molecule has 0 spiro atoms. The summed E-state index contributed by atoms with van der Waals surface area (Å²) >= 11 is 0. The first-order chi connectivity index (χ1) is 9.24. The van der Waals surface area contributed by atoms with Crippen molar-refractivity contribution in [2.24, 2.45) is 0 Å². The fourth-order valence-corrected chi connectivity index (χ4v) is 3.52. The summed E-state index contributed by atoms with van der Waals surface area (Å²) in [5, 5.41) is 0.803. The van der Waals surface area contributed by atoms with E-state index in [4.69, 9.17) is 0 Å². The maximum absolute atomic E-state index is 12.2. The molecule has 0 fully saturated rings. The highest BCUT2D eigenvalue weighted by Crippen LogP contribution is 2.28. The minimum atomic E-state index is -3.09. The van der Waals surface area contributed by atoms with Crippen LogP contribution in [-0.4, -0.2) is 18.2 Å². The molecule has 0 radical (unpaired) electrons. The lowest BCUT2D eigenvalue weighted by Crippen LogP contribution is -2.18. The highest BCUT2D eigenvalue weighted by Gasteiger charge is 2.21. The molecule has 20 heavy (non-hydrogen) atoms. The lowest BCUT2D eigenvalue weighted by Gasteiger charge is -2.16. The zero-order chi connectivity index (χ0) is 15.1. The maximum Gasteiger partial charge on any atom is 0.158 e. The molecule has 0 amide bonds. The third-order valence-electron chi connectivity index (χ3n) is 3.76. The second-order valence-electron chi connectivity index (χ2n) is 5.96. The van der Waals surface area contributed by atoms with Crippen LogP contribution >= 0.6 is 0 Å². The van der Waals surface area contributed by atoms with Crippen molar-refractivity contribution in [3.05, 3.63) is 35.5 Å². The fraction of sp³-hybridized carbons (Fsp3) is 0.500. The quantitative estimate of drug-likeness (QED) is 0.858. The molecule has 0 aliphatic carbocycles. The van der Waals surface area contributed by atoms with E-state index in [1.807, 2.05) is 12.1 Å². The molecule has 0 aliphatic rings. The molecule has 0 N–H and O–H groups in total. The Morgan fingerprint density at radius 2 is 1.80 bits per heavy atom. The van der Waals surface area contributed by atoms with Crippen LogP contribution in [0.2, 0.25) is 0 Å². The smallest absolute Gasteiger partial charge is 0.158 e. The predicted molar refractivity (Wildman–Crippen MR) is 84.8 cm³/mol. The molecule has 0 saturated heterocycles. The van der Waals surface area contributed by atoms with E-state index in [9.17, 15) is 8.42 Å². The molecule has 1 aromatic carbocycles. The second kappa shape index (κ2) is 5.24. The highest BCUT2D eigenvalue weighted by molar-refractivity contribution is 7.91. The van der Waals surface area contributed by atoms with E-state index in [1.54, 1.807) is 13.8 Å². The summed E-state index contributed by atoms with van der Waals surface area (Å²) in [6.07, 6.45) is 0. The maximum atomic E-state index is 12.2. The molecular weight excluding hydrogens is 270 g/mol. The van der Waals surface area contributed by atoms with Gasteiger partial charge in [0.2, 0.25) is 0 Å². The van der Waals surface area contributed by atoms with Crippen LogP contribution in [0.5, 0.6) is 0 Å². The van der Waals surface area contributed by atoms with Crippen LogP contribution in [0.25, 0.3) is 10.9 Å². The van der Waals surface area contributed by atoms with Crippen molar-refractivity contribution in [1.82, 2.24) is 4.57 Å². The Labute approximate surface area is 121 Å². The summed E-state index contributed by atoms with van der Waals surface area (Å²) in [5.41, 5.74) is 3.19. The molecule has 2 rings (SSSR count). The van der Waals surface area contributed by atoms with Gasteiger partial charge in [0.15, 0.2) is 9.84 Å². The Hall–Kier alpha value is -1.29. The van der Waals surface area contributed by atoms with Crippen molar-refractivity contribution in [2.75, 3.05) is 0 Å². The van der Waals surface area contributed by atoms with E-state index in [-0.39, 0.29) is 17.0 Å². The van der Waals surface area contributed by atoms with Gasteiger partial charge in [-0.25, -0.2) is 8.42 Å². The van der Waals surface area contributed by atoms with E-state index in [0.717, 1.165) is 16.6 Å². The average Bonchev–Trinajstić information content (AvgIpc) is 2.67. The normalized spacial score (nSPS) is 12.8. The Morgan fingerprint density at radius 3 is 2.35 bits per heavy atom. The van der Waals surface area contributed by atoms with Gasteiger partial charge >= 0.3 is 0 Å². The minimum absolute atomic E-state index is 0.108. The second-order valence-corrected chi connectivity index (χ2v) is 8.52. The van der Waals surface area contributed by atoms with Gasteiger partial charge in [-0.05, 0) is 52.3 Å². The topological polar surface area (TPSA) is 39.1 Å². The van der Waals surface area contributed by atoms with Crippen molar-refractivity contribution in [3.8, 4) is 0 Å². The van der Waals surface area contributed by atoms with E-state index < -0.39 is 9.84 Å². The lowest BCUT2D eigenvalue weighted by molar-refractivity contribution is 0.574. The van der Waals surface area contributed by atoms with Gasteiger partial charge < -0.3 is 4.57 Å². The van der Waals surface area contributed by atoms with E-state index >= 15 is 0 Å². The molecule has 4 heteroatoms. The van der Waals surface area contributed by atoms with Gasteiger partial charge in [-0.3, -0.25) is 0 Å². The Bertz CT molecular complexity index is 724. The lowest BCUT2D eigenvalue weighted by atomic mass is 10.1. The Balaban J connectivity index is 2.65. The van der Waals surface area contributed by atoms with Gasteiger partial charge in [0.1, 0.15) is 0 Å². The van der Waals surface area contributed by atoms with E-state index in [2.05, 4.69) is 37.5 Å². The Morgan fingerprint density at radius 1 is 1.15 bits per heavy atom. The molecule has 3 nitrogen and oxygen atoms in total. The fourth-order valence-electron chi connectivity index (χ4n) is 2.55. The molecule has 0 bridgehead atoms. The summed E-state index contributed by atoms with van der Waals surface area (Å²) in [4.78, 5) is 0. The van der Waals surface area contributed by atoms with Gasteiger partial charge in [0.25, 0.3) is 0 Å². The third kappa shape index (κ3) is 2.62. The van der Waals surface area contributed by atoms with Crippen LogP contribution in [0.15, 0.2) is 24.3 Å². The number of sulfone groups is 1. The number of aromatic nitrogens is 1. The molecule has 0 saturated carbocycles. The van der Waals surface area contributed by atoms with Crippen LogP contribution < -0.4 is 0 Å². The summed E-state index contributed by atoms with van der Waals surface area (Å²) < 4.78 is 26.6. The monoisotopic (exact) mass is 293 g/mol. The van der Waals surface area contributed by atoms with Crippen molar-refractivity contribution >= 4 is 20.7 Å². The number of aryl methyl sites for hydroxylation is 1. The molecule has 0 atom stereocenters.